The molecule has 1 aliphatic heterocycles. The molecule has 0 aliphatic carbocycles. The van der Waals surface area contributed by atoms with Gasteiger partial charge in [-0.1, -0.05) is 30.3 Å². The van der Waals surface area contributed by atoms with Gasteiger partial charge in [0.1, 0.15) is 12.2 Å². The highest BCUT2D eigenvalue weighted by Gasteiger charge is 2.68. The molecule has 0 bridgehead atoms. The zero-order chi connectivity index (χ0) is 14.3. The molecular formula is C12H14O7. The van der Waals surface area contributed by atoms with E-state index in [4.69, 9.17) is 9.84 Å². The van der Waals surface area contributed by atoms with Crippen molar-refractivity contribution in [2.24, 2.45) is 0 Å². The van der Waals surface area contributed by atoms with Crippen LogP contribution in [0.15, 0.2) is 30.3 Å². The number of hydrogen-bond donors (Lipinski definition) is 5. The van der Waals surface area contributed by atoms with Crippen molar-refractivity contribution in [2.75, 3.05) is 6.61 Å². The van der Waals surface area contributed by atoms with Gasteiger partial charge in [-0.2, -0.15) is 0 Å². The first-order valence-electron chi connectivity index (χ1n) is 5.58. The molecule has 0 saturated carbocycles. The van der Waals surface area contributed by atoms with E-state index in [0.717, 1.165) is 0 Å². The average Bonchev–Trinajstić information content (AvgIpc) is 2.60. The molecule has 1 aromatic carbocycles. The fourth-order valence-corrected chi connectivity index (χ4v) is 1.97. The molecule has 1 aliphatic rings. The number of ketones is 1. The van der Waals surface area contributed by atoms with Gasteiger partial charge in [0.25, 0.3) is 11.6 Å². The highest BCUT2D eigenvalue weighted by Crippen LogP contribution is 2.38. The summed E-state index contributed by atoms with van der Waals surface area (Å²) in [6.07, 6.45) is -3.50. The van der Waals surface area contributed by atoms with Crippen molar-refractivity contribution in [3.8, 4) is 0 Å². The van der Waals surface area contributed by atoms with E-state index in [2.05, 4.69) is 0 Å². The largest absolute Gasteiger partial charge is 0.394 e. The van der Waals surface area contributed by atoms with Crippen molar-refractivity contribution in [1.29, 1.82) is 0 Å². The third-order valence-corrected chi connectivity index (χ3v) is 3.11. The third kappa shape index (κ3) is 1.96. The van der Waals surface area contributed by atoms with Gasteiger partial charge in [0.2, 0.25) is 5.78 Å². The Morgan fingerprint density at radius 3 is 2.26 bits per heavy atom. The lowest BCUT2D eigenvalue weighted by molar-refractivity contribution is -0.317. The van der Waals surface area contributed by atoms with Crippen LogP contribution in [0.3, 0.4) is 0 Å². The van der Waals surface area contributed by atoms with E-state index < -0.39 is 36.2 Å². The summed E-state index contributed by atoms with van der Waals surface area (Å²) in [6.45, 7) is -0.783. The summed E-state index contributed by atoms with van der Waals surface area (Å²) >= 11 is 0. The number of aliphatic hydroxyl groups is 5. The first kappa shape index (κ1) is 14.1. The van der Waals surface area contributed by atoms with Crippen molar-refractivity contribution in [2.45, 2.75) is 23.8 Å². The Balaban J connectivity index is 2.40. The second-order valence-corrected chi connectivity index (χ2v) is 4.35. The van der Waals surface area contributed by atoms with E-state index in [0.29, 0.717) is 0 Å². The molecule has 1 fully saturated rings. The monoisotopic (exact) mass is 270 g/mol. The van der Waals surface area contributed by atoms with E-state index >= 15 is 0 Å². The van der Waals surface area contributed by atoms with Gasteiger partial charge in [-0.05, 0) is 0 Å². The molecule has 0 amide bonds. The Hall–Kier alpha value is -1.35. The number of carbonyl (C=O) groups is 1. The third-order valence-electron chi connectivity index (χ3n) is 3.11. The molecule has 1 heterocycles. The zero-order valence-corrected chi connectivity index (χ0v) is 9.80. The molecule has 3 atom stereocenters. The molecule has 7 nitrogen and oxygen atoms in total. The molecular weight excluding hydrogens is 256 g/mol. The lowest BCUT2D eigenvalue weighted by Crippen LogP contribution is -2.60. The quantitative estimate of drug-likeness (QED) is 0.317. The highest BCUT2D eigenvalue weighted by molar-refractivity contribution is 6.02. The van der Waals surface area contributed by atoms with Gasteiger partial charge < -0.3 is 30.3 Å². The second-order valence-electron chi connectivity index (χ2n) is 4.35. The summed E-state index contributed by atoms with van der Waals surface area (Å²) < 4.78 is 4.75. The fraction of sp³-hybridized carbons (Fsp3) is 0.417. The molecule has 19 heavy (non-hydrogen) atoms. The predicted molar refractivity (Wildman–Crippen MR) is 60.9 cm³/mol. The highest BCUT2D eigenvalue weighted by atomic mass is 16.7. The Morgan fingerprint density at radius 2 is 1.79 bits per heavy atom. The minimum Gasteiger partial charge on any atom is -0.394 e. The maximum Gasteiger partial charge on any atom is 0.290 e. The van der Waals surface area contributed by atoms with Crippen LogP contribution in [0.25, 0.3) is 0 Å². The summed E-state index contributed by atoms with van der Waals surface area (Å²) in [4.78, 5) is 12.1. The van der Waals surface area contributed by atoms with E-state index in [1.165, 1.54) is 24.3 Å². The van der Waals surface area contributed by atoms with Crippen LogP contribution < -0.4 is 0 Å². The topological polar surface area (TPSA) is 127 Å². The Morgan fingerprint density at radius 1 is 1.21 bits per heavy atom. The van der Waals surface area contributed by atoms with Gasteiger partial charge >= 0.3 is 0 Å². The Kier molecular flexibility index (Phi) is 3.43. The van der Waals surface area contributed by atoms with Gasteiger partial charge in [-0.3, -0.25) is 4.79 Å². The first-order valence-corrected chi connectivity index (χ1v) is 5.58. The maximum absolute atomic E-state index is 12.1. The van der Waals surface area contributed by atoms with Crippen molar-refractivity contribution < 1.29 is 35.1 Å². The predicted octanol–water partition coefficient (Wildman–Crippen LogP) is -2.01. The van der Waals surface area contributed by atoms with Gasteiger partial charge in [0.05, 0.1) is 6.61 Å². The average molecular weight is 270 g/mol. The van der Waals surface area contributed by atoms with Crippen molar-refractivity contribution in [3.05, 3.63) is 35.9 Å². The number of carbonyl (C=O) groups excluding carboxylic acids is 1. The fourth-order valence-electron chi connectivity index (χ4n) is 1.97. The number of ether oxygens (including phenoxy) is 1. The standard InChI is InChI=1S/C12H14O7/c13-6-8-10(15)11(16,17)12(18,19-8)9(14)7-4-2-1-3-5-7/h1-5,8,10,13,15-18H,6H2/t8-,10-,12+/m0/s1. The number of rotatable bonds is 3. The van der Waals surface area contributed by atoms with Crippen LogP contribution in [0.2, 0.25) is 0 Å². The first-order chi connectivity index (χ1) is 8.84. The number of benzene rings is 1. The van der Waals surface area contributed by atoms with Gasteiger partial charge in [-0.15, -0.1) is 0 Å². The molecule has 0 spiro atoms. The smallest absolute Gasteiger partial charge is 0.290 e. The van der Waals surface area contributed by atoms with Crippen LogP contribution >= 0.6 is 0 Å². The molecule has 104 valence electrons. The Bertz CT molecular complexity index is 472. The van der Waals surface area contributed by atoms with E-state index in [1.807, 2.05) is 0 Å². The van der Waals surface area contributed by atoms with E-state index in [9.17, 15) is 25.2 Å². The lowest BCUT2D eigenvalue weighted by atomic mass is 9.93. The molecule has 5 N–H and O–H groups in total. The van der Waals surface area contributed by atoms with E-state index in [1.54, 1.807) is 6.07 Å². The normalized spacial score (nSPS) is 33.3. The van der Waals surface area contributed by atoms with Crippen LogP contribution in [0, 0.1) is 0 Å². The Labute approximate surface area is 108 Å². The van der Waals surface area contributed by atoms with Crippen LogP contribution in [0.5, 0.6) is 0 Å². The van der Waals surface area contributed by atoms with Crippen LogP contribution in [-0.2, 0) is 4.74 Å². The second kappa shape index (κ2) is 4.64. The van der Waals surface area contributed by atoms with Crippen LogP contribution in [0.4, 0.5) is 0 Å². The van der Waals surface area contributed by atoms with Gasteiger partial charge in [0, 0.05) is 5.56 Å². The van der Waals surface area contributed by atoms with Gasteiger partial charge in [-0.25, -0.2) is 0 Å². The minimum atomic E-state index is -3.21. The number of aliphatic hydroxyl groups excluding tert-OH is 2. The van der Waals surface area contributed by atoms with Crippen LogP contribution in [0.1, 0.15) is 10.4 Å². The summed E-state index contributed by atoms with van der Waals surface area (Å²) in [7, 11) is 0. The van der Waals surface area contributed by atoms with Crippen molar-refractivity contribution in [3.63, 3.8) is 0 Å². The molecule has 2 rings (SSSR count). The van der Waals surface area contributed by atoms with Gasteiger partial charge in [0.15, 0.2) is 0 Å². The maximum atomic E-state index is 12.1. The summed E-state index contributed by atoms with van der Waals surface area (Å²) in [5.41, 5.74) is -0.0248. The van der Waals surface area contributed by atoms with Crippen molar-refractivity contribution >= 4 is 5.78 Å². The molecule has 0 unspecified atom stereocenters. The minimum absolute atomic E-state index is 0.0248. The molecule has 0 radical (unpaired) electrons. The molecule has 7 heteroatoms. The molecule has 1 aromatic rings. The van der Waals surface area contributed by atoms with Crippen LogP contribution in [-0.4, -0.2) is 61.7 Å². The number of hydrogen-bond acceptors (Lipinski definition) is 7. The zero-order valence-electron chi connectivity index (χ0n) is 9.80. The van der Waals surface area contributed by atoms with Crippen molar-refractivity contribution in [1.82, 2.24) is 0 Å². The summed E-state index contributed by atoms with van der Waals surface area (Å²) in [6, 6.07) is 7.35. The number of Topliss-reactive ketones (excluding diaryl/α,β-unsaturated/α-hetero) is 1. The molecule has 0 aromatic heterocycles. The summed E-state index contributed by atoms with van der Waals surface area (Å²) in [5, 5.41) is 48.0. The SMILES string of the molecule is O=C(c1ccccc1)[C@@]1(O)O[C@@H](CO)[C@H](O)C1(O)O. The lowest BCUT2D eigenvalue weighted by Gasteiger charge is -2.31. The molecule has 1 saturated heterocycles. The van der Waals surface area contributed by atoms with E-state index in [-0.39, 0.29) is 5.56 Å². The summed E-state index contributed by atoms with van der Waals surface area (Å²) in [5.74, 6) is -7.37.